The van der Waals surface area contributed by atoms with E-state index in [1.165, 1.54) is 10.8 Å². The first-order chi connectivity index (χ1) is 11.7. The molecule has 0 unspecified atom stereocenters. The number of carbonyl (C=O) groups is 1. The predicted octanol–water partition coefficient (Wildman–Crippen LogP) is 2.79. The van der Waals surface area contributed by atoms with Crippen LogP contribution in [0.15, 0.2) is 64.1 Å². The van der Waals surface area contributed by atoms with Crippen LogP contribution in [0.4, 0.5) is 0 Å². The molecule has 122 valence electrons. The molecule has 5 heteroatoms. The first kappa shape index (κ1) is 14.8. The lowest BCUT2D eigenvalue weighted by Gasteiger charge is -2.43. The Morgan fingerprint density at radius 1 is 1.17 bits per heavy atom. The molecular weight excluding hydrogens is 304 g/mol. The summed E-state index contributed by atoms with van der Waals surface area (Å²) in [5.41, 5.74) is 1.17. The largest absolute Gasteiger partial charge is 0.464 e. The molecule has 0 saturated heterocycles. The van der Waals surface area contributed by atoms with Gasteiger partial charge < -0.3 is 14.3 Å². The molecule has 0 bridgehead atoms. The maximum Gasteiger partial charge on any atom is 0.262 e. The van der Waals surface area contributed by atoms with Crippen LogP contribution in [0.5, 0.6) is 0 Å². The van der Waals surface area contributed by atoms with Crippen molar-refractivity contribution in [3.8, 4) is 0 Å². The van der Waals surface area contributed by atoms with Crippen molar-refractivity contribution >= 4 is 16.9 Å². The Bertz CT molecular complexity index is 936. The van der Waals surface area contributed by atoms with E-state index in [-0.39, 0.29) is 23.6 Å². The summed E-state index contributed by atoms with van der Waals surface area (Å²) in [6.07, 6.45) is 6.03. The summed E-state index contributed by atoms with van der Waals surface area (Å²) in [6, 6.07) is 13.4. The fourth-order valence-electron chi connectivity index (χ4n) is 3.37. The van der Waals surface area contributed by atoms with E-state index in [1.54, 1.807) is 18.3 Å². The zero-order valence-electron chi connectivity index (χ0n) is 13.2. The van der Waals surface area contributed by atoms with Crippen LogP contribution in [0, 0.1) is 0 Å². The first-order valence-electron chi connectivity index (χ1n) is 8.11. The molecule has 24 heavy (non-hydrogen) atoms. The summed E-state index contributed by atoms with van der Waals surface area (Å²) in [5.74, 6) is -0.150. The van der Waals surface area contributed by atoms with Crippen LogP contribution >= 0.6 is 0 Å². The van der Waals surface area contributed by atoms with Crippen molar-refractivity contribution in [2.75, 3.05) is 0 Å². The summed E-state index contributed by atoms with van der Waals surface area (Å²) in [5, 5.41) is 3.63. The molecular formula is C19H18N2O3. The third-order valence-electron chi connectivity index (χ3n) is 4.82. The molecule has 2 heterocycles. The zero-order valence-corrected chi connectivity index (χ0v) is 13.2. The van der Waals surface area contributed by atoms with Crippen molar-refractivity contribution in [3.63, 3.8) is 0 Å². The van der Waals surface area contributed by atoms with Crippen LogP contribution in [0.2, 0.25) is 0 Å². The third-order valence-corrected chi connectivity index (χ3v) is 4.82. The standard InChI is InChI=1S/C19H18N2O3/c22-17(13-21-11-7-16-15(18(21)23)8-12-24-16)20-19(9-4-10-19)14-5-2-1-3-6-14/h1-3,5-8,11-12H,4,9-10,13H2,(H,20,22). The van der Waals surface area contributed by atoms with Gasteiger partial charge in [-0.25, -0.2) is 0 Å². The molecule has 1 amide bonds. The van der Waals surface area contributed by atoms with E-state index in [1.807, 2.05) is 30.3 Å². The molecule has 5 nitrogen and oxygen atoms in total. The Kier molecular flexibility index (Phi) is 3.49. The van der Waals surface area contributed by atoms with Crippen molar-refractivity contribution in [3.05, 3.63) is 70.8 Å². The highest BCUT2D eigenvalue weighted by Crippen LogP contribution is 2.41. The number of fused-ring (bicyclic) bond motifs is 1. The molecule has 1 aliphatic rings. The van der Waals surface area contributed by atoms with Crippen LogP contribution in [0.3, 0.4) is 0 Å². The minimum absolute atomic E-state index is 0.00847. The van der Waals surface area contributed by atoms with Gasteiger partial charge in [0.25, 0.3) is 5.56 Å². The second kappa shape index (κ2) is 5.67. The van der Waals surface area contributed by atoms with E-state index in [2.05, 4.69) is 5.32 Å². The van der Waals surface area contributed by atoms with Gasteiger partial charge in [0.2, 0.25) is 5.91 Å². The Morgan fingerprint density at radius 2 is 1.96 bits per heavy atom. The topological polar surface area (TPSA) is 64.2 Å². The number of rotatable bonds is 4. The number of nitrogens with zero attached hydrogens (tertiary/aromatic N) is 1. The third kappa shape index (κ3) is 2.42. The Labute approximate surface area is 138 Å². The minimum atomic E-state index is -0.290. The number of hydrogen-bond donors (Lipinski definition) is 1. The molecule has 0 aliphatic heterocycles. The minimum Gasteiger partial charge on any atom is -0.464 e. The van der Waals surface area contributed by atoms with E-state index in [0.29, 0.717) is 11.0 Å². The maximum absolute atomic E-state index is 12.5. The number of amides is 1. The quantitative estimate of drug-likeness (QED) is 0.803. The molecule has 4 rings (SSSR count). The number of nitrogens with one attached hydrogen (secondary N) is 1. The SMILES string of the molecule is O=C(Cn1ccc2occc2c1=O)NC1(c2ccccc2)CCC1. The van der Waals surface area contributed by atoms with Gasteiger partial charge in [-0.2, -0.15) is 0 Å². The lowest BCUT2D eigenvalue weighted by Crippen LogP contribution is -2.52. The van der Waals surface area contributed by atoms with Crippen molar-refractivity contribution < 1.29 is 9.21 Å². The van der Waals surface area contributed by atoms with Crippen LogP contribution in [0.1, 0.15) is 24.8 Å². The first-order valence-corrected chi connectivity index (χ1v) is 8.11. The van der Waals surface area contributed by atoms with E-state index in [4.69, 9.17) is 4.42 Å². The summed E-state index contributed by atoms with van der Waals surface area (Å²) in [6.45, 7) is 0.00847. The molecule has 1 N–H and O–H groups in total. The van der Waals surface area contributed by atoms with Crippen molar-refractivity contribution in [2.45, 2.75) is 31.3 Å². The van der Waals surface area contributed by atoms with Crippen LogP contribution in [-0.2, 0) is 16.9 Å². The summed E-state index contributed by atoms with van der Waals surface area (Å²) in [7, 11) is 0. The molecule has 0 radical (unpaired) electrons. The predicted molar refractivity (Wildman–Crippen MR) is 90.6 cm³/mol. The fraction of sp³-hybridized carbons (Fsp3) is 0.263. The summed E-state index contributed by atoms with van der Waals surface area (Å²) < 4.78 is 6.63. The molecule has 1 fully saturated rings. The van der Waals surface area contributed by atoms with Gasteiger partial charge in [-0.1, -0.05) is 30.3 Å². The Morgan fingerprint density at radius 3 is 2.67 bits per heavy atom. The number of carbonyl (C=O) groups excluding carboxylic acids is 1. The number of pyridine rings is 1. The smallest absolute Gasteiger partial charge is 0.262 e. The van der Waals surface area contributed by atoms with Gasteiger partial charge in [-0.15, -0.1) is 0 Å². The van der Waals surface area contributed by atoms with Gasteiger partial charge in [-0.3, -0.25) is 9.59 Å². The Hall–Kier alpha value is -2.82. The van der Waals surface area contributed by atoms with Gasteiger partial charge in [0.05, 0.1) is 17.2 Å². The molecule has 1 aliphatic carbocycles. The highest BCUT2D eigenvalue weighted by atomic mass is 16.3. The lowest BCUT2D eigenvalue weighted by molar-refractivity contribution is -0.125. The molecule has 3 aromatic rings. The molecule has 1 saturated carbocycles. The van der Waals surface area contributed by atoms with Crippen molar-refractivity contribution in [1.82, 2.24) is 9.88 Å². The second-order valence-corrected chi connectivity index (χ2v) is 6.30. The van der Waals surface area contributed by atoms with Gasteiger partial charge in [0.1, 0.15) is 12.1 Å². The van der Waals surface area contributed by atoms with E-state index >= 15 is 0 Å². The number of benzene rings is 1. The van der Waals surface area contributed by atoms with Crippen LogP contribution < -0.4 is 10.9 Å². The van der Waals surface area contributed by atoms with Gasteiger partial charge in [0.15, 0.2) is 0 Å². The van der Waals surface area contributed by atoms with Crippen molar-refractivity contribution in [2.24, 2.45) is 0 Å². The number of aromatic nitrogens is 1. The number of hydrogen-bond acceptors (Lipinski definition) is 3. The highest BCUT2D eigenvalue weighted by molar-refractivity contribution is 5.79. The van der Waals surface area contributed by atoms with E-state index in [9.17, 15) is 9.59 Å². The lowest BCUT2D eigenvalue weighted by atomic mass is 9.72. The molecule has 0 atom stereocenters. The van der Waals surface area contributed by atoms with Gasteiger partial charge in [-0.05, 0) is 37.0 Å². The molecule has 0 spiro atoms. The second-order valence-electron chi connectivity index (χ2n) is 6.30. The number of furan rings is 1. The summed E-state index contributed by atoms with van der Waals surface area (Å²) in [4.78, 5) is 24.9. The average molecular weight is 322 g/mol. The Balaban J connectivity index is 1.55. The van der Waals surface area contributed by atoms with Crippen LogP contribution in [0.25, 0.3) is 11.0 Å². The highest BCUT2D eigenvalue weighted by Gasteiger charge is 2.39. The van der Waals surface area contributed by atoms with Crippen LogP contribution in [-0.4, -0.2) is 10.5 Å². The average Bonchev–Trinajstić information content (AvgIpc) is 3.04. The fourth-order valence-corrected chi connectivity index (χ4v) is 3.37. The monoisotopic (exact) mass is 322 g/mol. The molecule has 2 aromatic heterocycles. The van der Waals surface area contributed by atoms with Gasteiger partial charge in [0, 0.05) is 6.20 Å². The molecule has 1 aromatic carbocycles. The van der Waals surface area contributed by atoms with E-state index in [0.717, 1.165) is 24.8 Å². The van der Waals surface area contributed by atoms with Gasteiger partial charge >= 0.3 is 0 Å². The zero-order chi connectivity index (χ0) is 16.6. The maximum atomic E-state index is 12.5. The summed E-state index contributed by atoms with van der Waals surface area (Å²) >= 11 is 0. The van der Waals surface area contributed by atoms with Crippen molar-refractivity contribution in [1.29, 1.82) is 0 Å². The normalized spacial score (nSPS) is 15.8. The van der Waals surface area contributed by atoms with E-state index < -0.39 is 0 Å².